The molecule has 0 saturated carbocycles. The summed E-state index contributed by atoms with van der Waals surface area (Å²) in [6.07, 6.45) is 0. The standard InChI is InChI=1S/C18H20N2O3/c1-2-20(12-14-6-4-3-5-7-14)13-17(21)19-16-10-8-15(9-11-16)18(22)23/h3-11H,2,12-13H2,1H3,(H,19,21)(H,22,23). The highest BCUT2D eigenvalue weighted by molar-refractivity contribution is 5.92. The maximum Gasteiger partial charge on any atom is 0.279 e. The summed E-state index contributed by atoms with van der Waals surface area (Å²) in [5.41, 5.74) is 1.86. The van der Waals surface area contributed by atoms with E-state index in [-0.39, 0.29) is 11.5 Å². The van der Waals surface area contributed by atoms with Crippen molar-refractivity contribution in [2.75, 3.05) is 18.4 Å². The largest absolute Gasteiger partial charge is 0.545 e. The molecule has 2 rings (SSSR count). The van der Waals surface area contributed by atoms with Crippen molar-refractivity contribution in [3.63, 3.8) is 0 Å². The lowest BCUT2D eigenvalue weighted by molar-refractivity contribution is -0.903. The van der Waals surface area contributed by atoms with E-state index in [1.807, 2.05) is 37.3 Å². The Morgan fingerprint density at radius 2 is 1.70 bits per heavy atom. The Kier molecular flexibility index (Phi) is 5.88. The first kappa shape index (κ1) is 16.7. The number of rotatable bonds is 7. The van der Waals surface area contributed by atoms with Crippen LogP contribution in [0.15, 0.2) is 54.6 Å². The van der Waals surface area contributed by atoms with Gasteiger partial charge in [-0.15, -0.1) is 0 Å². The van der Waals surface area contributed by atoms with Crippen LogP contribution in [0, 0.1) is 0 Å². The molecule has 1 atom stereocenters. The summed E-state index contributed by atoms with van der Waals surface area (Å²) < 4.78 is 0. The van der Waals surface area contributed by atoms with E-state index in [0.717, 1.165) is 18.0 Å². The first-order valence-electron chi connectivity index (χ1n) is 7.57. The van der Waals surface area contributed by atoms with Crippen molar-refractivity contribution in [1.29, 1.82) is 0 Å². The second kappa shape index (κ2) is 8.10. The van der Waals surface area contributed by atoms with E-state index < -0.39 is 5.97 Å². The first-order chi connectivity index (χ1) is 11.1. The zero-order valence-electron chi connectivity index (χ0n) is 13.0. The average molecular weight is 312 g/mol. The van der Waals surface area contributed by atoms with Crippen LogP contribution in [0.5, 0.6) is 0 Å². The SMILES string of the molecule is CC[NH+](CC(=O)Nc1ccc(C(=O)[O-])cc1)Cc1ccccc1. The molecule has 0 aromatic heterocycles. The average Bonchev–Trinajstić information content (AvgIpc) is 2.55. The number of aromatic carboxylic acids is 1. The van der Waals surface area contributed by atoms with E-state index in [1.165, 1.54) is 17.7 Å². The summed E-state index contributed by atoms with van der Waals surface area (Å²) in [5.74, 6) is -1.33. The van der Waals surface area contributed by atoms with Gasteiger partial charge in [-0.25, -0.2) is 0 Å². The number of anilines is 1. The van der Waals surface area contributed by atoms with Crippen molar-refractivity contribution >= 4 is 17.6 Å². The van der Waals surface area contributed by atoms with Crippen molar-refractivity contribution in [2.24, 2.45) is 0 Å². The van der Waals surface area contributed by atoms with E-state index in [0.29, 0.717) is 12.2 Å². The van der Waals surface area contributed by atoms with Gasteiger partial charge in [-0.1, -0.05) is 42.5 Å². The molecule has 0 spiro atoms. The van der Waals surface area contributed by atoms with Gasteiger partial charge in [0.05, 0.1) is 12.5 Å². The van der Waals surface area contributed by atoms with Crippen molar-refractivity contribution in [1.82, 2.24) is 0 Å². The van der Waals surface area contributed by atoms with Crippen LogP contribution >= 0.6 is 0 Å². The normalized spacial score (nSPS) is 11.7. The predicted molar refractivity (Wildman–Crippen MR) is 85.9 cm³/mol. The van der Waals surface area contributed by atoms with Crippen LogP contribution in [-0.4, -0.2) is 25.0 Å². The highest BCUT2D eigenvalue weighted by Crippen LogP contribution is 2.08. The first-order valence-corrected chi connectivity index (χ1v) is 7.57. The molecule has 1 amide bonds. The fraction of sp³-hybridized carbons (Fsp3) is 0.222. The highest BCUT2D eigenvalue weighted by Gasteiger charge is 2.13. The predicted octanol–water partition coefficient (Wildman–Crippen LogP) is 0.0936. The fourth-order valence-electron chi connectivity index (χ4n) is 2.32. The van der Waals surface area contributed by atoms with Crippen molar-refractivity contribution < 1.29 is 19.6 Å². The molecule has 120 valence electrons. The third-order valence-electron chi connectivity index (χ3n) is 3.61. The second-order valence-corrected chi connectivity index (χ2v) is 5.36. The van der Waals surface area contributed by atoms with Gasteiger partial charge in [-0.3, -0.25) is 4.79 Å². The summed E-state index contributed by atoms with van der Waals surface area (Å²) in [4.78, 5) is 24.0. The molecule has 5 nitrogen and oxygen atoms in total. The number of hydrogen-bond donors (Lipinski definition) is 2. The lowest BCUT2D eigenvalue weighted by Gasteiger charge is -2.17. The van der Waals surface area contributed by atoms with Gasteiger partial charge in [-0.05, 0) is 24.6 Å². The molecule has 5 heteroatoms. The molecule has 0 aliphatic rings. The maximum atomic E-state index is 12.1. The Labute approximate surface area is 135 Å². The molecule has 0 aliphatic heterocycles. The summed E-state index contributed by atoms with van der Waals surface area (Å²) in [5, 5.41) is 13.5. The van der Waals surface area contributed by atoms with Gasteiger partial charge in [0.1, 0.15) is 6.54 Å². The molecule has 0 fully saturated rings. The molecule has 0 aliphatic carbocycles. The van der Waals surface area contributed by atoms with E-state index in [2.05, 4.69) is 5.32 Å². The molecule has 1 unspecified atom stereocenters. The lowest BCUT2D eigenvalue weighted by Crippen LogP contribution is -3.11. The molecular weight excluding hydrogens is 292 g/mol. The zero-order valence-corrected chi connectivity index (χ0v) is 13.0. The van der Waals surface area contributed by atoms with E-state index >= 15 is 0 Å². The molecule has 2 N–H and O–H groups in total. The van der Waals surface area contributed by atoms with Gasteiger partial charge < -0.3 is 20.1 Å². The van der Waals surface area contributed by atoms with Crippen molar-refractivity contribution in [2.45, 2.75) is 13.5 Å². The zero-order chi connectivity index (χ0) is 16.7. The van der Waals surface area contributed by atoms with Crippen LogP contribution in [0.1, 0.15) is 22.8 Å². The van der Waals surface area contributed by atoms with Crippen LogP contribution in [0.4, 0.5) is 5.69 Å². The Morgan fingerprint density at radius 1 is 1.04 bits per heavy atom. The summed E-state index contributed by atoms with van der Waals surface area (Å²) in [7, 11) is 0. The molecule has 2 aromatic rings. The summed E-state index contributed by atoms with van der Waals surface area (Å²) >= 11 is 0. The lowest BCUT2D eigenvalue weighted by atomic mass is 10.2. The van der Waals surface area contributed by atoms with Gasteiger partial charge in [0.2, 0.25) is 0 Å². The van der Waals surface area contributed by atoms with Crippen LogP contribution < -0.4 is 15.3 Å². The number of benzene rings is 2. The molecule has 0 saturated heterocycles. The molecule has 2 aromatic carbocycles. The van der Waals surface area contributed by atoms with E-state index in [1.54, 1.807) is 12.1 Å². The fourth-order valence-corrected chi connectivity index (χ4v) is 2.32. The minimum atomic E-state index is -1.23. The van der Waals surface area contributed by atoms with Crippen LogP contribution in [0.2, 0.25) is 0 Å². The number of quaternary nitrogens is 1. The van der Waals surface area contributed by atoms with E-state index in [4.69, 9.17) is 0 Å². The summed E-state index contributed by atoms with van der Waals surface area (Å²) in [6, 6.07) is 16.0. The van der Waals surface area contributed by atoms with Crippen molar-refractivity contribution in [3.05, 3.63) is 65.7 Å². The number of amides is 1. The van der Waals surface area contributed by atoms with Gasteiger partial charge in [0.15, 0.2) is 6.54 Å². The Bertz CT molecular complexity index is 654. The summed E-state index contributed by atoms with van der Waals surface area (Å²) in [6.45, 7) is 4.02. The minimum Gasteiger partial charge on any atom is -0.545 e. The third-order valence-corrected chi connectivity index (χ3v) is 3.61. The van der Waals surface area contributed by atoms with Crippen molar-refractivity contribution in [3.8, 4) is 0 Å². The number of nitrogens with one attached hydrogen (secondary N) is 2. The minimum absolute atomic E-state index is 0.0906. The van der Waals surface area contributed by atoms with Gasteiger partial charge in [0, 0.05) is 11.3 Å². The highest BCUT2D eigenvalue weighted by atomic mass is 16.4. The monoisotopic (exact) mass is 312 g/mol. The number of carboxylic acid groups (broad SMARTS) is 1. The Balaban J connectivity index is 1.90. The quantitative estimate of drug-likeness (QED) is 0.761. The molecule has 23 heavy (non-hydrogen) atoms. The van der Waals surface area contributed by atoms with Crippen LogP contribution in [0.25, 0.3) is 0 Å². The molecular formula is C18H20N2O3. The van der Waals surface area contributed by atoms with Crippen LogP contribution in [-0.2, 0) is 11.3 Å². The molecule has 0 bridgehead atoms. The number of carboxylic acids is 1. The smallest absolute Gasteiger partial charge is 0.279 e. The van der Waals surface area contributed by atoms with Gasteiger partial charge in [-0.2, -0.15) is 0 Å². The topological polar surface area (TPSA) is 73.7 Å². The Morgan fingerprint density at radius 3 is 2.26 bits per heavy atom. The van der Waals surface area contributed by atoms with E-state index in [9.17, 15) is 14.7 Å². The van der Waals surface area contributed by atoms with Crippen LogP contribution in [0.3, 0.4) is 0 Å². The molecule has 0 heterocycles. The number of hydrogen-bond acceptors (Lipinski definition) is 3. The van der Waals surface area contributed by atoms with Gasteiger partial charge >= 0.3 is 0 Å². The maximum absolute atomic E-state index is 12.1. The molecule has 0 radical (unpaired) electrons. The number of carbonyl (C=O) groups excluding carboxylic acids is 2. The number of carbonyl (C=O) groups is 2. The second-order valence-electron chi connectivity index (χ2n) is 5.36. The van der Waals surface area contributed by atoms with Gasteiger partial charge in [0.25, 0.3) is 5.91 Å². The number of likely N-dealkylation sites (N-methyl/N-ethyl adjacent to an activating group) is 1. The third kappa shape index (κ3) is 5.23. The Hall–Kier alpha value is -2.66.